The van der Waals surface area contributed by atoms with E-state index < -0.39 is 0 Å². The second-order valence-electron chi connectivity index (χ2n) is 8.74. The molecule has 0 amide bonds. The molecule has 0 aliphatic heterocycles. The van der Waals surface area contributed by atoms with Gasteiger partial charge in [-0.2, -0.15) is 4.98 Å². The third-order valence-electron chi connectivity index (χ3n) is 6.51. The first-order valence-electron chi connectivity index (χ1n) is 11.5. The Labute approximate surface area is 210 Å². The van der Waals surface area contributed by atoms with E-state index in [9.17, 15) is 9.59 Å². The van der Waals surface area contributed by atoms with Gasteiger partial charge in [0.15, 0.2) is 22.0 Å². The number of carbonyl (C=O) groups is 2. The van der Waals surface area contributed by atoms with Crippen molar-refractivity contribution < 1.29 is 14.0 Å². The van der Waals surface area contributed by atoms with Gasteiger partial charge in [-0.3, -0.25) is 9.59 Å². The van der Waals surface area contributed by atoms with Crippen LogP contribution in [-0.2, 0) is 0 Å². The number of allylic oxidation sites excluding steroid dienone is 1. The molecule has 0 N–H and O–H groups in total. The summed E-state index contributed by atoms with van der Waals surface area (Å²) in [5.74, 6) is -0.320. The largest absolute Gasteiger partial charge is 0.436 e. The smallest absolute Gasteiger partial charge is 0.221 e. The van der Waals surface area contributed by atoms with Crippen LogP contribution < -0.4 is 0 Å². The summed E-state index contributed by atoms with van der Waals surface area (Å²) in [5.41, 5.74) is 5.00. The highest BCUT2D eigenvalue weighted by molar-refractivity contribution is 7.21. The predicted octanol–water partition coefficient (Wildman–Crippen LogP) is 7.84. The summed E-state index contributed by atoms with van der Waals surface area (Å²) in [6.07, 6.45) is 1.47. The van der Waals surface area contributed by atoms with Gasteiger partial charge in [-0.25, -0.2) is 0 Å². The number of hydrogen-bond acceptors (Lipinski definition) is 5. The Kier molecular flexibility index (Phi) is 4.59. The number of Topliss-reactive ketones (excluding diaryl/α,β-unsaturated/α-hetero) is 2. The molecular weight excluding hydrogens is 466 g/mol. The molecule has 0 saturated carbocycles. The summed E-state index contributed by atoms with van der Waals surface area (Å²) >= 11 is 1.52. The molecule has 0 fully saturated rings. The number of rotatable bonds is 3. The van der Waals surface area contributed by atoms with Crippen molar-refractivity contribution in [2.45, 2.75) is 0 Å². The van der Waals surface area contributed by atoms with Crippen LogP contribution in [0.2, 0.25) is 0 Å². The van der Waals surface area contributed by atoms with Crippen molar-refractivity contribution in [2.75, 3.05) is 0 Å². The average molecular weight is 484 g/mol. The number of aromatic nitrogens is 1. The van der Waals surface area contributed by atoms with Gasteiger partial charge in [0.25, 0.3) is 0 Å². The fourth-order valence-electron chi connectivity index (χ4n) is 4.68. The summed E-state index contributed by atoms with van der Waals surface area (Å²) in [4.78, 5) is 32.4. The third kappa shape index (κ3) is 3.33. The lowest BCUT2D eigenvalue weighted by atomic mass is 10.0. The zero-order valence-electron chi connectivity index (χ0n) is 18.9. The third-order valence-corrected chi connectivity index (χ3v) is 7.57. The molecule has 0 saturated heterocycles. The van der Waals surface area contributed by atoms with Gasteiger partial charge in [-0.15, -0.1) is 11.3 Å². The minimum atomic E-state index is -0.290. The molecule has 0 unspecified atom stereocenters. The molecule has 1 aliphatic rings. The standard InChI is InChI=1S/C31H17NO3S/c33-29-23-14-21-8-4-5-9-22(21)15-24(23)30(34)25(29)16-28-32-31-26(35-28)17-27(36-31)20-12-10-19(11-13-20)18-6-2-1-3-7-18/h1-17H. The van der Waals surface area contributed by atoms with E-state index in [1.165, 1.54) is 23.0 Å². The number of oxazole rings is 1. The quantitative estimate of drug-likeness (QED) is 0.190. The first-order chi connectivity index (χ1) is 17.6. The molecule has 1 aliphatic carbocycles. The van der Waals surface area contributed by atoms with Crippen LogP contribution in [0, 0.1) is 0 Å². The van der Waals surface area contributed by atoms with Gasteiger partial charge in [0.05, 0.1) is 5.57 Å². The Balaban J connectivity index is 1.19. The highest BCUT2D eigenvalue weighted by Crippen LogP contribution is 2.36. The molecular formula is C31H17NO3S. The average Bonchev–Trinajstić information content (AvgIpc) is 3.56. The molecule has 4 aromatic carbocycles. The number of ketones is 2. The van der Waals surface area contributed by atoms with Gasteiger partial charge in [0.2, 0.25) is 5.89 Å². The number of carbonyl (C=O) groups excluding carboxylic acids is 2. The lowest BCUT2D eigenvalue weighted by molar-refractivity contribution is 0.0990. The van der Waals surface area contributed by atoms with Gasteiger partial charge in [0, 0.05) is 28.1 Å². The maximum absolute atomic E-state index is 13.0. The molecule has 0 radical (unpaired) electrons. The molecule has 4 nitrogen and oxygen atoms in total. The second-order valence-corrected chi connectivity index (χ2v) is 9.77. The predicted molar refractivity (Wildman–Crippen MR) is 143 cm³/mol. The Hall–Kier alpha value is -4.61. The maximum atomic E-state index is 13.0. The topological polar surface area (TPSA) is 60.2 Å². The molecule has 170 valence electrons. The van der Waals surface area contributed by atoms with Gasteiger partial charge >= 0.3 is 0 Å². The molecule has 6 aromatic rings. The molecule has 0 atom stereocenters. The van der Waals surface area contributed by atoms with E-state index in [4.69, 9.17) is 4.42 Å². The molecule has 5 heteroatoms. The highest BCUT2D eigenvalue weighted by Gasteiger charge is 2.34. The van der Waals surface area contributed by atoms with Crippen LogP contribution in [0.25, 0.3) is 48.8 Å². The van der Waals surface area contributed by atoms with Gasteiger partial charge in [0.1, 0.15) is 0 Å². The lowest BCUT2D eigenvalue weighted by Gasteiger charge is -2.02. The van der Waals surface area contributed by atoms with Gasteiger partial charge in [-0.1, -0.05) is 78.9 Å². The number of benzene rings is 4. The zero-order valence-corrected chi connectivity index (χ0v) is 19.7. The summed E-state index contributed by atoms with van der Waals surface area (Å²) in [6, 6.07) is 31.9. The summed E-state index contributed by atoms with van der Waals surface area (Å²) < 4.78 is 5.92. The van der Waals surface area contributed by atoms with Gasteiger partial charge in [-0.05, 0) is 39.6 Å². The van der Waals surface area contributed by atoms with Crippen LogP contribution >= 0.6 is 11.3 Å². The van der Waals surface area contributed by atoms with E-state index in [1.807, 2.05) is 48.5 Å². The van der Waals surface area contributed by atoms with Crippen LogP contribution in [0.3, 0.4) is 0 Å². The molecule has 7 rings (SSSR count). The van der Waals surface area contributed by atoms with Crippen LogP contribution in [0.5, 0.6) is 0 Å². The fraction of sp³-hybridized carbons (Fsp3) is 0. The number of fused-ring (bicyclic) bond motifs is 3. The van der Waals surface area contributed by atoms with Crippen LogP contribution in [-0.4, -0.2) is 16.6 Å². The first kappa shape index (κ1) is 20.7. The highest BCUT2D eigenvalue weighted by atomic mass is 32.1. The van der Waals surface area contributed by atoms with Crippen molar-refractivity contribution in [2.24, 2.45) is 0 Å². The number of thiophene rings is 1. The van der Waals surface area contributed by atoms with Crippen LogP contribution in [0.1, 0.15) is 26.6 Å². The van der Waals surface area contributed by atoms with Crippen LogP contribution in [0.15, 0.2) is 107 Å². The maximum Gasteiger partial charge on any atom is 0.221 e. The van der Waals surface area contributed by atoms with Crippen molar-refractivity contribution in [1.29, 1.82) is 0 Å². The summed E-state index contributed by atoms with van der Waals surface area (Å²) in [7, 11) is 0. The number of nitrogens with zero attached hydrogens (tertiary/aromatic N) is 1. The Bertz CT molecular complexity index is 1770. The normalized spacial score (nSPS) is 13.1. The monoisotopic (exact) mass is 483 g/mol. The van der Waals surface area contributed by atoms with Crippen molar-refractivity contribution >= 4 is 50.2 Å². The Morgan fingerprint density at radius 2 is 1.25 bits per heavy atom. The number of hydrogen-bond donors (Lipinski definition) is 0. The molecule has 0 bridgehead atoms. The molecule has 0 spiro atoms. The van der Waals surface area contributed by atoms with E-state index in [0.29, 0.717) is 16.7 Å². The van der Waals surface area contributed by atoms with Crippen molar-refractivity contribution in [3.63, 3.8) is 0 Å². The minimum absolute atomic E-state index is 0.0888. The molecule has 2 heterocycles. The lowest BCUT2D eigenvalue weighted by Crippen LogP contribution is -2.00. The SMILES string of the molecule is O=C1C(=Cc2nc3sc(-c4ccc(-c5ccccc5)cc4)cc3o2)C(=O)c2cc3ccccc3cc21. The summed E-state index contributed by atoms with van der Waals surface area (Å²) in [6.45, 7) is 0. The van der Waals surface area contributed by atoms with E-state index >= 15 is 0 Å². The molecule has 2 aromatic heterocycles. The zero-order chi connectivity index (χ0) is 24.2. The summed E-state index contributed by atoms with van der Waals surface area (Å²) in [5, 5.41) is 1.86. The van der Waals surface area contributed by atoms with Crippen molar-refractivity contribution in [1.82, 2.24) is 4.98 Å². The van der Waals surface area contributed by atoms with Crippen LogP contribution in [0.4, 0.5) is 0 Å². The Morgan fingerprint density at radius 3 is 1.89 bits per heavy atom. The van der Waals surface area contributed by atoms with Crippen molar-refractivity contribution in [3.8, 4) is 21.6 Å². The minimum Gasteiger partial charge on any atom is -0.436 e. The van der Waals surface area contributed by atoms with Crippen molar-refractivity contribution in [3.05, 3.63) is 120 Å². The second kappa shape index (κ2) is 7.97. The van der Waals surface area contributed by atoms with E-state index in [2.05, 4.69) is 41.4 Å². The fourth-order valence-corrected chi connectivity index (χ4v) is 5.64. The Morgan fingerprint density at radius 1 is 0.667 bits per heavy atom. The van der Waals surface area contributed by atoms with Gasteiger partial charge < -0.3 is 4.42 Å². The molecule has 36 heavy (non-hydrogen) atoms. The van der Waals surface area contributed by atoms with E-state index in [0.717, 1.165) is 31.6 Å². The first-order valence-corrected chi connectivity index (χ1v) is 12.4. The van der Waals surface area contributed by atoms with E-state index in [1.54, 1.807) is 12.1 Å². The van der Waals surface area contributed by atoms with E-state index in [-0.39, 0.29) is 23.0 Å².